The summed E-state index contributed by atoms with van der Waals surface area (Å²) in [6, 6.07) is 1.70. The van der Waals surface area contributed by atoms with E-state index in [1.165, 1.54) is 54.4 Å². The first-order chi connectivity index (χ1) is 12.0. The molecule has 0 fully saturated rings. The second-order valence-electron chi connectivity index (χ2n) is 8.36. The fourth-order valence-electron chi connectivity index (χ4n) is 2.80. The van der Waals surface area contributed by atoms with E-state index < -0.39 is 0 Å². The van der Waals surface area contributed by atoms with E-state index in [-0.39, 0.29) is 16.7 Å². The molecule has 1 aliphatic carbocycles. The van der Waals surface area contributed by atoms with Gasteiger partial charge in [-0.1, -0.05) is 47.0 Å². The van der Waals surface area contributed by atoms with Crippen molar-refractivity contribution in [2.45, 2.75) is 99.5 Å². The van der Waals surface area contributed by atoms with Crippen LogP contribution < -0.4 is 0 Å². The molecule has 0 N–H and O–H groups in total. The van der Waals surface area contributed by atoms with Crippen molar-refractivity contribution in [3.63, 3.8) is 0 Å². The zero-order valence-electron chi connectivity index (χ0n) is 18.1. The second kappa shape index (κ2) is 12.5. The Kier molecular flexibility index (Phi) is 12.0. The molecule has 0 bridgehead atoms. The molecule has 1 heterocycles. The molecule has 0 radical (unpaired) electrons. The second-order valence-corrected chi connectivity index (χ2v) is 9.44. The molecular weight excluding hydrogens is 347 g/mol. The Labute approximate surface area is 164 Å². The zero-order valence-corrected chi connectivity index (χ0v) is 18.9. The van der Waals surface area contributed by atoms with Crippen molar-refractivity contribution in [2.24, 2.45) is 11.8 Å². The van der Waals surface area contributed by atoms with Crippen LogP contribution in [0.25, 0.3) is 0 Å². The molecule has 152 valence electrons. The van der Waals surface area contributed by atoms with Gasteiger partial charge in [0.2, 0.25) is 0 Å². The molecule has 0 aliphatic heterocycles. The monoisotopic (exact) mass is 386 g/mol. The van der Waals surface area contributed by atoms with Crippen LogP contribution in [0.1, 0.15) is 91.5 Å². The maximum absolute atomic E-state index is 12.7. The molecule has 0 amide bonds. The number of thiophene rings is 1. The van der Waals surface area contributed by atoms with Crippen LogP contribution in [0.2, 0.25) is 0 Å². The highest BCUT2D eigenvalue weighted by Crippen LogP contribution is 2.31. The minimum Gasteiger partial charge on any atom is -0.460 e. The van der Waals surface area contributed by atoms with E-state index in [2.05, 4.69) is 27.7 Å². The quantitative estimate of drug-likeness (QED) is 0.514. The Morgan fingerprint density at radius 3 is 2.38 bits per heavy atom. The van der Waals surface area contributed by atoms with Gasteiger partial charge in [0.1, 0.15) is 5.60 Å². The van der Waals surface area contributed by atoms with Gasteiger partial charge in [-0.05, 0) is 63.5 Å². The van der Waals surface area contributed by atoms with Gasteiger partial charge in [0.15, 0.2) is 5.13 Å². The first-order valence-electron chi connectivity index (χ1n) is 9.95. The molecule has 0 saturated heterocycles. The van der Waals surface area contributed by atoms with E-state index in [0.29, 0.717) is 0 Å². The average Bonchev–Trinajstić information content (AvgIpc) is 2.85. The standard InChI is InChI=1S/C9H11FS.C7H16.C6H12O2/c1-6-2-3-8-7(4-6)5-9(10)11-8;1-4-6-7(3)5-2;1-5(7)8-6(2,3)4/h5-6H,2-4H2,1H3;7H,4-6H2,1-3H3;1-4H3. The number of carbonyl (C=O) groups is 1. The summed E-state index contributed by atoms with van der Waals surface area (Å²) >= 11 is 1.33. The van der Waals surface area contributed by atoms with Crippen molar-refractivity contribution in [2.75, 3.05) is 0 Å². The Morgan fingerprint density at radius 1 is 1.38 bits per heavy atom. The number of halogens is 1. The number of hydrogen-bond acceptors (Lipinski definition) is 3. The summed E-state index contributed by atoms with van der Waals surface area (Å²) in [4.78, 5) is 11.5. The third-order valence-corrected chi connectivity index (χ3v) is 5.25. The molecule has 2 unspecified atom stereocenters. The van der Waals surface area contributed by atoms with Crippen LogP contribution >= 0.6 is 11.3 Å². The maximum Gasteiger partial charge on any atom is 0.303 e. The van der Waals surface area contributed by atoms with Crippen LogP contribution in [0.3, 0.4) is 0 Å². The van der Waals surface area contributed by atoms with E-state index in [9.17, 15) is 9.18 Å². The topological polar surface area (TPSA) is 26.3 Å². The predicted octanol–water partition coefficient (Wildman–Crippen LogP) is 7.19. The third kappa shape index (κ3) is 12.5. The molecule has 1 aromatic heterocycles. The minimum absolute atomic E-state index is 0.0101. The third-order valence-electron chi connectivity index (χ3n) is 4.23. The molecule has 2 nitrogen and oxygen atoms in total. The van der Waals surface area contributed by atoms with Crippen molar-refractivity contribution in [1.82, 2.24) is 0 Å². The number of rotatable bonds is 3. The van der Waals surface area contributed by atoms with E-state index >= 15 is 0 Å². The fourth-order valence-corrected chi connectivity index (χ4v) is 3.73. The summed E-state index contributed by atoms with van der Waals surface area (Å²) in [5.41, 5.74) is 0.928. The molecule has 26 heavy (non-hydrogen) atoms. The molecule has 2 atom stereocenters. The van der Waals surface area contributed by atoms with Gasteiger partial charge in [0.05, 0.1) is 0 Å². The van der Waals surface area contributed by atoms with Crippen LogP contribution in [-0.2, 0) is 22.4 Å². The Balaban J connectivity index is 0.000000376. The number of carbonyl (C=O) groups excluding carboxylic acids is 1. The Morgan fingerprint density at radius 2 is 2.00 bits per heavy atom. The van der Waals surface area contributed by atoms with Gasteiger partial charge >= 0.3 is 5.97 Å². The Bertz CT molecular complexity index is 517. The molecule has 0 spiro atoms. The summed E-state index contributed by atoms with van der Waals surface area (Å²) in [5.74, 6) is 1.47. The first-order valence-corrected chi connectivity index (χ1v) is 10.8. The molecule has 1 aromatic rings. The normalized spacial score (nSPS) is 17.0. The smallest absolute Gasteiger partial charge is 0.303 e. The van der Waals surface area contributed by atoms with E-state index in [1.54, 1.807) is 6.07 Å². The van der Waals surface area contributed by atoms with Crippen LogP contribution in [0, 0.1) is 17.0 Å². The summed E-state index contributed by atoms with van der Waals surface area (Å²) in [5, 5.41) is -0.0101. The maximum atomic E-state index is 12.7. The SMILES string of the molecule is CC(=O)OC(C)(C)C.CC1CCc2sc(F)cc2C1.CCCC(C)CC. The van der Waals surface area contributed by atoms with Crippen molar-refractivity contribution in [1.29, 1.82) is 0 Å². The predicted molar refractivity (Wildman–Crippen MR) is 111 cm³/mol. The number of fused-ring (bicyclic) bond motifs is 1. The van der Waals surface area contributed by atoms with Crippen molar-refractivity contribution >= 4 is 17.3 Å². The highest BCUT2D eigenvalue weighted by molar-refractivity contribution is 7.10. The minimum atomic E-state index is -0.328. The molecule has 4 heteroatoms. The lowest BCUT2D eigenvalue weighted by atomic mass is 9.90. The number of ether oxygens (including phenoxy) is 1. The van der Waals surface area contributed by atoms with Gasteiger partial charge < -0.3 is 4.74 Å². The van der Waals surface area contributed by atoms with Gasteiger partial charge in [-0.15, -0.1) is 11.3 Å². The number of esters is 1. The van der Waals surface area contributed by atoms with Crippen LogP contribution in [0.15, 0.2) is 6.07 Å². The summed E-state index contributed by atoms with van der Waals surface area (Å²) in [6.07, 6.45) is 7.48. The zero-order chi connectivity index (χ0) is 20.3. The summed E-state index contributed by atoms with van der Waals surface area (Å²) in [6.45, 7) is 16.0. The van der Waals surface area contributed by atoms with E-state index in [0.717, 1.165) is 24.7 Å². The molecule has 2 rings (SSSR count). The largest absolute Gasteiger partial charge is 0.460 e. The lowest BCUT2D eigenvalue weighted by Crippen LogP contribution is -2.21. The van der Waals surface area contributed by atoms with E-state index in [1.807, 2.05) is 20.8 Å². The fraction of sp³-hybridized carbons (Fsp3) is 0.773. The van der Waals surface area contributed by atoms with Gasteiger partial charge in [-0.2, -0.15) is 4.39 Å². The highest BCUT2D eigenvalue weighted by atomic mass is 32.1. The molecular formula is C22H39FO2S. The molecule has 1 aliphatic rings. The van der Waals surface area contributed by atoms with E-state index in [4.69, 9.17) is 4.74 Å². The van der Waals surface area contributed by atoms with Gasteiger partial charge in [-0.25, -0.2) is 0 Å². The number of hydrogen-bond donors (Lipinski definition) is 0. The number of aryl methyl sites for hydroxylation is 1. The Hall–Kier alpha value is -0.900. The summed E-state index contributed by atoms with van der Waals surface area (Å²) < 4.78 is 17.5. The van der Waals surface area contributed by atoms with Gasteiger partial charge in [0.25, 0.3) is 0 Å². The molecule has 0 saturated carbocycles. The average molecular weight is 387 g/mol. The van der Waals surface area contributed by atoms with Crippen LogP contribution in [0.5, 0.6) is 0 Å². The molecule has 0 aromatic carbocycles. The van der Waals surface area contributed by atoms with Gasteiger partial charge in [-0.3, -0.25) is 4.79 Å². The first kappa shape index (κ1) is 25.1. The van der Waals surface area contributed by atoms with Crippen LogP contribution in [0.4, 0.5) is 4.39 Å². The van der Waals surface area contributed by atoms with Crippen molar-refractivity contribution < 1.29 is 13.9 Å². The highest BCUT2D eigenvalue weighted by Gasteiger charge is 2.17. The lowest BCUT2D eigenvalue weighted by molar-refractivity contribution is -0.151. The van der Waals surface area contributed by atoms with Gasteiger partial charge in [0, 0.05) is 11.8 Å². The van der Waals surface area contributed by atoms with Crippen LogP contribution in [-0.4, -0.2) is 11.6 Å². The van der Waals surface area contributed by atoms with Crippen molar-refractivity contribution in [3.05, 3.63) is 21.6 Å². The van der Waals surface area contributed by atoms with Crippen molar-refractivity contribution in [3.8, 4) is 0 Å². The summed E-state index contributed by atoms with van der Waals surface area (Å²) in [7, 11) is 0. The lowest BCUT2D eigenvalue weighted by Gasteiger charge is -2.17.